The smallest absolute Gasteiger partial charge is 0.406 e. The van der Waals surface area contributed by atoms with E-state index in [9.17, 15) is 13.2 Å². The summed E-state index contributed by atoms with van der Waals surface area (Å²) < 4.78 is 48.0. The van der Waals surface area contributed by atoms with Gasteiger partial charge in [-0.15, -0.1) is 18.3 Å². The Morgan fingerprint density at radius 2 is 1.72 bits per heavy atom. The van der Waals surface area contributed by atoms with Crippen molar-refractivity contribution >= 4 is 5.69 Å². The maximum atomic E-state index is 12.4. The molecule has 0 unspecified atom stereocenters. The molecule has 1 aliphatic rings. The van der Waals surface area contributed by atoms with Crippen LogP contribution in [0, 0.1) is 6.92 Å². The summed E-state index contributed by atoms with van der Waals surface area (Å²) in [4.78, 5) is 13.5. The van der Waals surface area contributed by atoms with Crippen molar-refractivity contribution in [1.29, 1.82) is 0 Å². The second-order valence-corrected chi connectivity index (χ2v) is 8.60. The Hall–Kier alpha value is -3.93. The van der Waals surface area contributed by atoms with Crippen LogP contribution in [0.4, 0.5) is 18.9 Å². The van der Waals surface area contributed by atoms with Crippen LogP contribution in [0.25, 0.3) is 23.1 Å². The van der Waals surface area contributed by atoms with Crippen LogP contribution in [0.5, 0.6) is 5.75 Å². The van der Waals surface area contributed by atoms with Gasteiger partial charge in [0.15, 0.2) is 0 Å². The summed E-state index contributed by atoms with van der Waals surface area (Å²) in [7, 11) is 2.13. The molecule has 1 aliphatic heterocycles. The van der Waals surface area contributed by atoms with E-state index >= 15 is 0 Å². The van der Waals surface area contributed by atoms with Crippen molar-refractivity contribution in [3.05, 3.63) is 59.9 Å². The summed E-state index contributed by atoms with van der Waals surface area (Å²) in [5.41, 5.74) is 2.73. The minimum Gasteiger partial charge on any atom is -0.406 e. The lowest BCUT2D eigenvalue weighted by Gasteiger charge is -2.34. The van der Waals surface area contributed by atoms with Gasteiger partial charge in [0.1, 0.15) is 11.6 Å². The summed E-state index contributed by atoms with van der Waals surface area (Å²) >= 11 is 0. The van der Waals surface area contributed by atoms with Gasteiger partial charge >= 0.3 is 6.36 Å². The van der Waals surface area contributed by atoms with Crippen LogP contribution < -0.4 is 9.64 Å². The maximum Gasteiger partial charge on any atom is 0.573 e. The molecule has 2 aromatic heterocycles. The van der Waals surface area contributed by atoms with Crippen molar-refractivity contribution < 1.29 is 22.4 Å². The highest BCUT2D eigenvalue weighted by Gasteiger charge is 2.31. The lowest BCUT2D eigenvalue weighted by Crippen LogP contribution is -2.44. The van der Waals surface area contributed by atoms with E-state index in [2.05, 4.69) is 60.0 Å². The number of piperazine rings is 1. The predicted molar refractivity (Wildman–Crippen MR) is 125 cm³/mol. The molecule has 1 fully saturated rings. The van der Waals surface area contributed by atoms with Gasteiger partial charge < -0.3 is 19.1 Å². The molecule has 0 atom stereocenters. The Morgan fingerprint density at radius 3 is 2.44 bits per heavy atom. The normalized spacial score (nSPS) is 14.9. The predicted octanol–water partition coefficient (Wildman–Crippen LogP) is 4.00. The first-order valence-corrected chi connectivity index (χ1v) is 11.4. The van der Waals surface area contributed by atoms with Gasteiger partial charge in [-0.05, 0) is 55.9 Å². The standard InChI is InChI=1S/C24H24F3N7O2/c1-16-28-21(22-29-23(36-31-22)18-6-8-20(9-7-18)35-24(25,26)27)30-34(16)15-17-4-3-5-19(14-17)33-12-10-32(2)11-13-33/h3-9,14H,10-13,15H2,1-2H3. The molecule has 0 aliphatic carbocycles. The SMILES string of the molecule is Cc1nc(-c2noc(-c3ccc(OC(F)(F)F)cc3)n2)nn1Cc1cccc(N2CCN(C)CC2)c1. The molecular formula is C24H24F3N7O2. The first-order valence-electron chi connectivity index (χ1n) is 11.4. The Labute approximate surface area is 205 Å². The first-order chi connectivity index (χ1) is 17.2. The summed E-state index contributed by atoms with van der Waals surface area (Å²) in [5, 5.41) is 8.49. The molecule has 4 aromatic rings. The molecule has 1 saturated heterocycles. The van der Waals surface area contributed by atoms with Crippen LogP contribution in [-0.2, 0) is 6.54 Å². The van der Waals surface area contributed by atoms with Crippen molar-refractivity contribution in [2.24, 2.45) is 0 Å². The van der Waals surface area contributed by atoms with Gasteiger partial charge in [-0.1, -0.05) is 17.3 Å². The zero-order valence-corrected chi connectivity index (χ0v) is 19.7. The molecule has 9 nitrogen and oxygen atoms in total. The molecule has 0 saturated carbocycles. The highest BCUT2D eigenvalue weighted by molar-refractivity contribution is 5.57. The fraction of sp³-hybridized carbons (Fsp3) is 0.333. The molecule has 5 rings (SSSR count). The molecule has 0 N–H and O–H groups in total. The van der Waals surface area contributed by atoms with E-state index in [4.69, 9.17) is 4.52 Å². The number of likely N-dealkylation sites (N-methyl/N-ethyl adjacent to an activating group) is 1. The second-order valence-electron chi connectivity index (χ2n) is 8.60. The number of anilines is 1. The number of nitrogens with zero attached hydrogens (tertiary/aromatic N) is 7. The number of hydrogen-bond acceptors (Lipinski definition) is 8. The molecule has 0 spiro atoms. The Kier molecular flexibility index (Phi) is 6.35. The van der Waals surface area contributed by atoms with E-state index < -0.39 is 6.36 Å². The number of aromatic nitrogens is 5. The maximum absolute atomic E-state index is 12.4. The van der Waals surface area contributed by atoms with Crippen molar-refractivity contribution in [2.45, 2.75) is 19.8 Å². The van der Waals surface area contributed by atoms with Gasteiger partial charge in [0.05, 0.1) is 6.54 Å². The highest BCUT2D eigenvalue weighted by atomic mass is 19.4. The number of rotatable bonds is 6. The zero-order chi connectivity index (χ0) is 25.3. The van der Waals surface area contributed by atoms with Crippen molar-refractivity contribution in [2.75, 3.05) is 38.1 Å². The van der Waals surface area contributed by atoms with Gasteiger partial charge in [-0.2, -0.15) is 4.98 Å². The fourth-order valence-corrected chi connectivity index (χ4v) is 3.98. The van der Waals surface area contributed by atoms with Gasteiger partial charge in [-0.25, -0.2) is 9.67 Å². The lowest BCUT2D eigenvalue weighted by molar-refractivity contribution is -0.274. The van der Waals surface area contributed by atoms with Crippen molar-refractivity contribution in [3.63, 3.8) is 0 Å². The Bertz CT molecular complexity index is 1330. The number of aryl methyl sites for hydroxylation is 1. The molecule has 36 heavy (non-hydrogen) atoms. The molecule has 0 amide bonds. The average Bonchev–Trinajstić information content (AvgIpc) is 3.47. The van der Waals surface area contributed by atoms with Crippen LogP contribution >= 0.6 is 0 Å². The summed E-state index contributed by atoms with van der Waals surface area (Å²) in [6.45, 7) is 6.43. The third kappa shape index (κ3) is 5.48. The third-order valence-electron chi connectivity index (χ3n) is 5.93. The number of alkyl halides is 3. The van der Waals surface area contributed by atoms with Crippen LogP contribution in [0.2, 0.25) is 0 Å². The third-order valence-corrected chi connectivity index (χ3v) is 5.93. The number of ether oxygens (including phenoxy) is 1. The Morgan fingerprint density at radius 1 is 0.972 bits per heavy atom. The number of hydrogen-bond donors (Lipinski definition) is 0. The Balaban J connectivity index is 1.29. The summed E-state index contributed by atoms with van der Waals surface area (Å²) in [6, 6.07) is 13.6. The number of benzene rings is 2. The minimum absolute atomic E-state index is 0.137. The lowest BCUT2D eigenvalue weighted by atomic mass is 10.1. The van der Waals surface area contributed by atoms with E-state index in [1.165, 1.54) is 30.0 Å². The molecule has 0 bridgehead atoms. The van der Waals surface area contributed by atoms with Crippen LogP contribution in [0.3, 0.4) is 0 Å². The van der Waals surface area contributed by atoms with Gasteiger partial charge in [0.25, 0.3) is 5.89 Å². The topological polar surface area (TPSA) is 85.3 Å². The summed E-state index contributed by atoms with van der Waals surface area (Å²) in [5.74, 6) is 0.981. The van der Waals surface area contributed by atoms with Crippen molar-refractivity contribution in [1.82, 2.24) is 29.8 Å². The number of halogens is 3. The highest BCUT2D eigenvalue weighted by Crippen LogP contribution is 2.27. The van der Waals surface area contributed by atoms with Crippen LogP contribution in [0.15, 0.2) is 53.1 Å². The average molecular weight is 499 g/mol. The van der Waals surface area contributed by atoms with Crippen molar-refractivity contribution in [3.8, 4) is 28.9 Å². The zero-order valence-electron chi connectivity index (χ0n) is 19.7. The van der Waals surface area contributed by atoms with Crippen LogP contribution in [0.1, 0.15) is 11.4 Å². The molecule has 188 valence electrons. The fourth-order valence-electron chi connectivity index (χ4n) is 3.98. The molecule has 0 radical (unpaired) electrons. The molecule has 2 aromatic carbocycles. The summed E-state index contributed by atoms with van der Waals surface area (Å²) in [6.07, 6.45) is -4.76. The first kappa shape index (κ1) is 23.8. The molecule has 3 heterocycles. The molecular weight excluding hydrogens is 475 g/mol. The minimum atomic E-state index is -4.76. The largest absolute Gasteiger partial charge is 0.573 e. The van der Waals surface area contributed by atoms with Gasteiger partial charge in [0.2, 0.25) is 11.6 Å². The van der Waals surface area contributed by atoms with E-state index in [1.807, 2.05) is 13.0 Å². The van der Waals surface area contributed by atoms with E-state index in [0.717, 1.165) is 31.7 Å². The van der Waals surface area contributed by atoms with Crippen LogP contribution in [-0.4, -0.2) is 69.4 Å². The van der Waals surface area contributed by atoms with E-state index in [0.29, 0.717) is 23.8 Å². The van der Waals surface area contributed by atoms with E-state index in [1.54, 1.807) is 4.68 Å². The second kappa shape index (κ2) is 9.61. The van der Waals surface area contributed by atoms with E-state index in [-0.39, 0.29) is 17.5 Å². The van der Waals surface area contributed by atoms with Gasteiger partial charge in [-0.3, -0.25) is 0 Å². The monoisotopic (exact) mass is 499 g/mol. The van der Waals surface area contributed by atoms with Gasteiger partial charge in [0, 0.05) is 37.4 Å². The molecule has 12 heteroatoms. The quantitative estimate of drug-likeness (QED) is 0.394.